The highest BCUT2D eigenvalue weighted by atomic mass is 16.2. The lowest BCUT2D eigenvalue weighted by Gasteiger charge is -2.35. The first kappa shape index (κ1) is 13.0. The number of amides is 1. The van der Waals surface area contributed by atoms with Gasteiger partial charge in [0.2, 0.25) is 5.91 Å². The zero-order valence-corrected chi connectivity index (χ0v) is 10.9. The van der Waals surface area contributed by atoms with Crippen molar-refractivity contribution in [3.63, 3.8) is 0 Å². The molecular weight excluding hydrogens is 228 g/mol. The van der Waals surface area contributed by atoms with Gasteiger partial charge in [0.15, 0.2) is 5.82 Å². The van der Waals surface area contributed by atoms with Gasteiger partial charge in [0.05, 0.1) is 6.20 Å². The van der Waals surface area contributed by atoms with Gasteiger partial charge in [-0.15, -0.1) is 0 Å². The average Bonchev–Trinajstić information content (AvgIpc) is 2.41. The minimum absolute atomic E-state index is 0.0108. The van der Waals surface area contributed by atoms with E-state index in [0.717, 1.165) is 25.9 Å². The van der Waals surface area contributed by atoms with Crippen LogP contribution in [0.2, 0.25) is 0 Å². The Balaban J connectivity index is 2.02. The predicted molar refractivity (Wildman–Crippen MR) is 70.0 cm³/mol. The number of hydrogen-bond donors (Lipinski definition) is 2. The van der Waals surface area contributed by atoms with E-state index in [9.17, 15) is 4.79 Å². The van der Waals surface area contributed by atoms with Crippen molar-refractivity contribution in [3.05, 3.63) is 18.6 Å². The molecule has 1 atom stereocenters. The fraction of sp³-hybridized carbons (Fsp3) is 0.615. The first-order valence-corrected chi connectivity index (χ1v) is 6.39. The molecule has 0 aliphatic carbocycles. The number of carbonyl (C=O) groups excluding carboxylic acids is 1. The third-order valence-corrected chi connectivity index (χ3v) is 3.71. The lowest BCUT2D eigenvalue weighted by Crippen LogP contribution is -2.44. The molecule has 5 heteroatoms. The molecule has 0 radical (unpaired) electrons. The van der Waals surface area contributed by atoms with Crippen molar-refractivity contribution in [2.45, 2.75) is 26.7 Å². The fourth-order valence-electron chi connectivity index (χ4n) is 2.29. The molecule has 18 heavy (non-hydrogen) atoms. The molecule has 98 valence electrons. The Labute approximate surface area is 107 Å². The van der Waals surface area contributed by atoms with Crippen molar-refractivity contribution in [2.75, 3.05) is 18.4 Å². The maximum absolute atomic E-state index is 12.3. The fourth-order valence-corrected chi connectivity index (χ4v) is 2.29. The number of piperidine rings is 1. The number of anilines is 1. The van der Waals surface area contributed by atoms with Gasteiger partial charge in [-0.25, -0.2) is 4.98 Å². The number of hydrogen-bond acceptors (Lipinski definition) is 4. The molecule has 2 heterocycles. The van der Waals surface area contributed by atoms with Crippen LogP contribution in [0.15, 0.2) is 18.6 Å². The monoisotopic (exact) mass is 248 g/mol. The molecule has 1 aliphatic rings. The largest absolute Gasteiger partial charge is 0.316 e. The number of nitrogens with zero attached hydrogens (tertiary/aromatic N) is 2. The minimum Gasteiger partial charge on any atom is -0.316 e. The van der Waals surface area contributed by atoms with E-state index in [1.54, 1.807) is 18.6 Å². The molecule has 0 aromatic carbocycles. The number of carbonyl (C=O) groups is 1. The van der Waals surface area contributed by atoms with Gasteiger partial charge in [-0.1, -0.05) is 13.8 Å². The second-order valence-corrected chi connectivity index (χ2v) is 5.31. The highest BCUT2D eigenvalue weighted by Crippen LogP contribution is 2.32. The summed E-state index contributed by atoms with van der Waals surface area (Å²) < 4.78 is 0. The van der Waals surface area contributed by atoms with E-state index in [-0.39, 0.29) is 5.91 Å². The molecule has 5 nitrogen and oxygen atoms in total. The lowest BCUT2D eigenvalue weighted by atomic mass is 9.74. The normalized spacial score (nSPS) is 20.4. The number of aromatic nitrogens is 2. The van der Waals surface area contributed by atoms with Crippen LogP contribution in [0.25, 0.3) is 0 Å². The Morgan fingerprint density at radius 1 is 1.50 bits per heavy atom. The molecule has 0 saturated carbocycles. The van der Waals surface area contributed by atoms with Crippen LogP contribution in [0.5, 0.6) is 0 Å². The third kappa shape index (κ3) is 2.85. The molecule has 0 bridgehead atoms. The van der Waals surface area contributed by atoms with E-state index in [4.69, 9.17) is 0 Å². The number of nitrogens with one attached hydrogen (secondary N) is 2. The van der Waals surface area contributed by atoms with Crippen LogP contribution in [-0.2, 0) is 4.79 Å². The Bertz CT molecular complexity index is 399. The predicted octanol–water partition coefficient (Wildman–Crippen LogP) is 1.44. The first-order chi connectivity index (χ1) is 8.60. The quantitative estimate of drug-likeness (QED) is 0.849. The van der Waals surface area contributed by atoms with Gasteiger partial charge in [0.1, 0.15) is 0 Å². The molecule has 2 N–H and O–H groups in total. The van der Waals surface area contributed by atoms with Crippen LogP contribution in [-0.4, -0.2) is 29.0 Å². The van der Waals surface area contributed by atoms with Gasteiger partial charge in [0, 0.05) is 17.8 Å². The van der Waals surface area contributed by atoms with Crippen molar-refractivity contribution in [2.24, 2.45) is 11.3 Å². The molecule has 1 unspecified atom stereocenters. The summed E-state index contributed by atoms with van der Waals surface area (Å²) in [5, 5.41) is 6.19. The van der Waals surface area contributed by atoms with Crippen LogP contribution in [0.4, 0.5) is 5.82 Å². The molecule has 1 saturated heterocycles. The zero-order valence-electron chi connectivity index (χ0n) is 10.9. The summed E-state index contributed by atoms with van der Waals surface area (Å²) in [7, 11) is 0. The van der Waals surface area contributed by atoms with Gasteiger partial charge in [-0.2, -0.15) is 0 Å². The highest BCUT2D eigenvalue weighted by molar-refractivity contribution is 5.94. The summed E-state index contributed by atoms with van der Waals surface area (Å²) in [6.07, 6.45) is 6.95. The Morgan fingerprint density at radius 2 is 2.33 bits per heavy atom. The maximum atomic E-state index is 12.3. The van der Waals surface area contributed by atoms with Crippen LogP contribution in [0, 0.1) is 11.3 Å². The van der Waals surface area contributed by atoms with Crippen molar-refractivity contribution in [1.82, 2.24) is 15.3 Å². The molecule has 1 fully saturated rings. The van der Waals surface area contributed by atoms with Crippen LogP contribution >= 0.6 is 0 Å². The molecule has 1 aromatic rings. The van der Waals surface area contributed by atoms with Gasteiger partial charge >= 0.3 is 0 Å². The second-order valence-electron chi connectivity index (χ2n) is 5.31. The molecule has 1 aromatic heterocycles. The summed E-state index contributed by atoms with van der Waals surface area (Å²) in [4.78, 5) is 20.3. The summed E-state index contributed by atoms with van der Waals surface area (Å²) >= 11 is 0. The molecule has 1 amide bonds. The first-order valence-electron chi connectivity index (χ1n) is 6.39. The van der Waals surface area contributed by atoms with Gasteiger partial charge in [0.25, 0.3) is 0 Å². The van der Waals surface area contributed by atoms with Gasteiger partial charge in [-0.05, 0) is 31.8 Å². The smallest absolute Gasteiger partial charge is 0.231 e. The van der Waals surface area contributed by atoms with E-state index in [1.165, 1.54) is 0 Å². The van der Waals surface area contributed by atoms with E-state index in [0.29, 0.717) is 11.7 Å². The SMILES string of the molecule is CC(C)(C(=O)Nc1cnccn1)C1CCCNC1. The van der Waals surface area contributed by atoms with Crippen LogP contribution in [0.1, 0.15) is 26.7 Å². The standard InChI is InChI=1S/C13H20N4O/c1-13(2,10-4-3-5-14-8-10)12(18)17-11-9-15-6-7-16-11/h6-7,9-10,14H,3-5,8H2,1-2H3,(H,16,17,18). The summed E-state index contributed by atoms with van der Waals surface area (Å²) in [6.45, 7) is 5.95. The molecular formula is C13H20N4O. The zero-order chi connectivity index (χ0) is 13.0. The Morgan fingerprint density at radius 3 is 2.94 bits per heavy atom. The average molecular weight is 248 g/mol. The van der Waals surface area contributed by atoms with Crippen molar-refractivity contribution >= 4 is 11.7 Å². The van der Waals surface area contributed by atoms with Crippen molar-refractivity contribution in [1.29, 1.82) is 0 Å². The lowest BCUT2D eigenvalue weighted by molar-refractivity contribution is -0.127. The summed E-state index contributed by atoms with van der Waals surface area (Å²) in [5.74, 6) is 0.888. The topological polar surface area (TPSA) is 66.9 Å². The highest BCUT2D eigenvalue weighted by Gasteiger charge is 2.37. The van der Waals surface area contributed by atoms with Crippen LogP contribution < -0.4 is 10.6 Å². The number of rotatable bonds is 3. The van der Waals surface area contributed by atoms with E-state index < -0.39 is 5.41 Å². The molecule has 0 spiro atoms. The van der Waals surface area contributed by atoms with E-state index in [1.807, 2.05) is 13.8 Å². The minimum atomic E-state index is -0.398. The Kier molecular flexibility index (Phi) is 3.91. The Hall–Kier alpha value is -1.49. The van der Waals surface area contributed by atoms with E-state index >= 15 is 0 Å². The second kappa shape index (κ2) is 5.44. The molecule has 2 rings (SSSR count). The summed E-state index contributed by atoms with van der Waals surface area (Å²) in [6, 6.07) is 0. The van der Waals surface area contributed by atoms with Crippen molar-refractivity contribution in [3.8, 4) is 0 Å². The van der Waals surface area contributed by atoms with Crippen LogP contribution in [0.3, 0.4) is 0 Å². The van der Waals surface area contributed by atoms with Gasteiger partial charge in [-0.3, -0.25) is 9.78 Å². The van der Waals surface area contributed by atoms with E-state index in [2.05, 4.69) is 20.6 Å². The third-order valence-electron chi connectivity index (χ3n) is 3.71. The maximum Gasteiger partial charge on any atom is 0.231 e. The molecule has 1 aliphatic heterocycles. The van der Waals surface area contributed by atoms with Crippen molar-refractivity contribution < 1.29 is 4.79 Å². The summed E-state index contributed by atoms with van der Waals surface area (Å²) in [5.41, 5.74) is -0.398. The van der Waals surface area contributed by atoms with Gasteiger partial charge < -0.3 is 10.6 Å².